The molecule has 1 aromatic carbocycles. The van der Waals surface area contributed by atoms with Crippen LogP contribution < -0.4 is 14.8 Å². The van der Waals surface area contributed by atoms with Crippen molar-refractivity contribution in [2.75, 3.05) is 13.2 Å². The van der Waals surface area contributed by atoms with Gasteiger partial charge in [0.2, 0.25) is 0 Å². The van der Waals surface area contributed by atoms with Crippen LogP contribution in [0.15, 0.2) is 24.8 Å². The van der Waals surface area contributed by atoms with Crippen molar-refractivity contribution in [3.05, 3.63) is 34.8 Å². The lowest BCUT2D eigenvalue weighted by atomic mass is 10.3. The maximum Gasteiger partial charge on any atom is 0.471 e. The molecule has 0 saturated carbocycles. The third-order valence-electron chi connectivity index (χ3n) is 2.57. The number of nitrogens with one attached hydrogen (secondary N) is 1. The fourth-order valence-electron chi connectivity index (χ4n) is 1.48. The van der Waals surface area contributed by atoms with Crippen molar-refractivity contribution in [1.82, 2.24) is 5.32 Å². The number of hydrogen-bond donors (Lipinski definition) is 1. The summed E-state index contributed by atoms with van der Waals surface area (Å²) < 4.78 is 44.8. The molecule has 0 aromatic heterocycles. The molecule has 25 heavy (non-hydrogen) atoms. The van der Waals surface area contributed by atoms with E-state index >= 15 is 0 Å². The van der Waals surface area contributed by atoms with Crippen LogP contribution in [-0.4, -0.2) is 29.8 Å². The highest BCUT2D eigenvalue weighted by atomic mass is 35.5. The Bertz CT molecular complexity index is 615. The van der Waals surface area contributed by atoms with Crippen molar-refractivity contribution in [2.45, 2.75) is 17.1 Å². The van der Waals surface area contributed by atoms with Crippen molar-refractivity contribution in [2.24, 2.45) is 0 Å². The van der Waals surface area contributed by atoms with Gasteiger partial charge in [-0.15, -0.1) is 0 Å². The summed E-state index contributed by atoms with van der Waals surface area (Å²) in [6, 6.07) is 2.69. The Balaban J connectivity index is 2.57. The highest BCUT2D eigenvalue weighted by Crippen LogP contribution is 2.39. The number of ether oxygens (including phenoxy) is 2. The Hall–Kier alpha value is -1.02. The topological polar surface area (TPSA) is 47.6 Å². The molecule has 0 aliphatic heterocycles. The Morgan fingerprint density at radius 3 is 2.28 bits per heavy atom. The first-order chi connectivity index (χ1) is 11.5. The molecule has 1 rings (SSSR count). The second-order valence-corrected chi connectivity index (χ2v) is 6.67. The maximum absolute atomic E-state index is 12.0. The fourth-order valence-corrected chi connectivity index (χ4v) is 2.24. The summed E-state index contributed by atoms with van der Waals surface area (Å²) in [5.74, 6) is -1.76. The van der Waals surface area contributed by atoms with Gasteiger partial charge in [0.25, 0.3) is 4.52 Å². The van der Waals surface area contributed by atoms with Gasteiger partial charge in [0.1, 0.15) is 5.75 Å². The highest BCUT2D eigenvalue weighted by molar-refractivity contribution is 6.48. The van der Waals surface area contributed by atoms with E-state index in [0.717, 1.165) is 6.08 Å². The molecule has 1 amide bonds. The standard InChI is InChI=1S/C14H12Cl4F3NO3/c1-2-13(17,18)25-8-6-9(15)11(10(16)7-8)24-5-3-4-22-12(23)14(19,20)21/h2,6-7H,1,3-5H2,(H,22,23). The number of alkyl halides is 5. The van der Waals surface area contributed by atoms with E-state index in [1.165, 1.54) is 12.1 Å². The number of hydrogen-bond acceptors (Lipinski definition) is 3. The summed E-state index contributed by atoms with van der Waals surface area (Å²) in [4.78, 5) is 10.6. The van der Waals surface area contributed by atoms with Gasteiger partial charge in [0.15, 0.2) is 5.75 Å². The van der Waals surface area contributed by atoms with Gasteiger partial charge >= 0.3 is 12.1 Å². The average Bonchev–Trinajstić information content (AvgIpc) is 2.47. The Morgan fingerprint density at radius 2 is 1.80 bits per heavy atom. The molecule has 11 heteroatoms. The number of halogens is 7. The van der Waals surface area contributed by atoms with Crippen molar-refractivity contribution in [3.8, 4) is 11.5 Å². The SMILES string of the molecule is C=CC(Cl)(Cl)Oc1cc(Cl)c(OCCCNC(=O)C(F)(F)F)c(Cl)c1. The van der Waals surface area contributed by atoms with E-state index in [1.54, 1.807) is 5.32 Å². The minimum absolute atomic E-state index is 0.0284. The van der Waals surface area contributed by atoms with E-state index in [4.69, 9.17) is 55.9 Å². The van der Waals surface area contributed by atoms with Gasteiger partial charge in [-0.05, 0) is 12.5 Å². The van der Waals surface area contributed by atoms with Gasteiger partial charge in [-0.25, -0.2) is 0 Å². The van der Waals surface area contributed by atoms with Crippen LogP contribution in [0.1, 0.15) is 6.42 Å². The van der Waals surface area contributed by atoms with Crippen LogP contribution in [0.2, 0.25) is 10.0 Å². The van der Waals surface area contributed by atoms with Gasteiger partial charge in [-0.1, -0.05) is 53.0 Å². The van der Waals surface area contributed by atoms with Gasteiger partial charge in [0.05, 0.1) is 16.7 Å². The molecular formula is C14H12Cl4F3NO3. The van der Waals surface area contributed by atoms with Crippen LogP contribution in [0.5, 0.6) is 11.5 Å². The molecule has 0 heterocycles. The van der Waals surface area contributed by atoms with E-state index in [1.807, 2.05) is 0 Å². The zero-order chi connectivity index (χ0) is 19.3. The number of rotatable bonds is 8. The predicted molar refractivity (Wildman–Crippen MR) is 90.9 cm³/mol. The second kappa shape index (κ2) is 9.07. The predicted octanol–water partition coefficient (Wildman–Crippen LogP) is 5.14. The number of amides is 1. The van der Waals surface area contributed by atoms with E-state index < -0.39 is 16.6 Å². The molecule has 0 aliphatic rings. The summed E-state index contributed by atoms with van der Waals surface area (Å²) in [7, 11) is 0. The van der Waals surface area contributed by atoms with Crippen LogP contribution in [-0.2, 0) is 4.79 Å². The lowest BCUT2D eigenvalue weighted by Crippen LogP contribution is -2.37. The van der Waals surface area contributed by atoms with E-state index in [9.17, 15) is 18.0 Å². The van der Waals surface area contributed by atoms with Crippen molar-refractivity contribution >= 4 is 52.3 Å². The van der Waals surface area contributed by atoms with E-state index in [2.05, 4.69) is 6.58 Å². The van der Waals surface area contributed by atoms with Gasteiger partial charge in [-0.2, -0.15) is 13.2 Å². The van der Waals surface area contributed by atoms with Crippen LogP contribution in [0.3, 0.4) is 0 Å². The smallest absolute Gasteiger partial charge is 0.471 e. The molecule has 1 N–H and O–H groups in total. The Labute approximate surface area is 161 Å². The maximum atomic E-state index is 12.0. The summed E-state index contributed by atoms with van der Waals surface area (Å²) in [5.41, 5.74) is 0. The largest absolute Gasteiger partial charge is 0.490 e. The van der Waals surface area contributed by atoms with Crippen molar-refractivity contribution in [1.29, 1.82) is 0 Å². The van der Waals surface area contributed by atoms with Crippen molar-refractivity contribution in [3.63, 3.8) is 0 Å². The number of carbonyl (C=O) groups excluding carboxylic acids is 1. The van der Waals surface area contributed by atoms with Crippen LogP contribution >= 0.6 is 46.4 Å². The molecule has 0 aliphatic carbocycles. The summed E-state index contributed by atoms with van der Waals surface area (Å²) >= 11 is 23.6. The summed E-state index contributed by atoms with van der Waals surface area (Å²) in [6.07, 6.45) is -3.66. The third kappa shape index (κ3) is 7.40. The first kappa shape index (κ1) is 22.0. The van der Waals surface area contributed by atoms with Crippen LogP contribution in [0, 0.1) is 0 Å². The zero-order valence-electron chi connectivity index (χ0n) is 12.4. The summed E-state index contributed by atoms with van der Waals surface area (Å²) in [5, 5.41) is 1.87. The normalized spacial score (nSPS) is 11.8. The third-order valence-corrected chi connectivity index (χ3v) is 3.60. The Kier molecular flexibility index (Phi) is 7.99. The van der Waals surface area contributed by atoms with E-state index in [0.29, 0.717) is 0 Å². The molecule has 4 nitrogen and oxygen atoms in total. The van der Waals surface area contributed by atoms with Gasteiger partial charge in [0, 0.05) is 18.7 Å². The van der Waals surface area contributed by atoms with Gasteiger partial charge in [-0.3, -0.25) is 4.79 Å². The molecule has 140 valence electrons. The first-order valence-corrected chi connectivity index (χ1v) is 8.15. The molecule has 0 fully saturated rings. The van der Waals surface area contributed by atoms with Crippen molar-refractivity contribution < 1.29 is 27.4 Å². The first-order valence-electron chi connectivity index (χ1n) is 6.63. The highest BCUT2D eigenvalue weighted by Gasteiger charge is 2.38. The lowest BCUT2D eigenvalue weighted by Gasteiger charge is -2.18. The van der Waals surface area contributed by atoms with Gasteiger partial charge < -0.3 is 14.8 Å². The summed E-state index contributed by atoms with van der Waals surface area (Å²) in [6.45, 7) is 3.14. The average molecular weight is 441 g/mol. The molecule has 0 radical (unpaired) electrons. The quantitative estimate of drug-likeness (QED) is 0.346. The van der Waals surface area contributed by atoms with Crippen LogP contribution in [0.25, 0.3) is 0 Å². The monoisotopic (exact) mass is 439 g/mol. The minimum atomic E-state index is -4.92. The number of carbonyl (C=O) groups is 1. The fraction of sp³-hybridized carbons (Fsp3) is 0.357. The molecule has 0 atom stereocenters. The van der Waals surface area contributed by atoms with Crippen LogP contribution in [0.4, 0.5) is 13.2 Å². The molecular weight excluding hydrogens is 429 g/mol. The molecule has 0 bridgehead atoms. The molecule has 0 spiro atoms. The second-order valence-electron chi connectivity index (χ2n) is 4.54. The molecule has 0 saturated heterocycles. The van der Waals surface area contributed by atoms with E-state index in [-0.39, 0.29) is 41.1 Å². The molecule has 1 aromatic rings. The zero-order valence-corrected chi connectivity index (χ0v) is 15.5. The lowest BCUT2D eigenvalue weighted by molar-refractivity contribution is -0.173. The number of benzene rings is 1. The Morgan fingerprint density at radius 1 is 1.24 bits per heavy atom. The minimum Gasteiger partial charge on any atom is -0.490 e. The molecule has 0 unspecified atom stereocenters.